The summed E-state index contributed by atoms with van der Waals surface area (Å²) in [5.41, 5.74) is 3.19. The Morgan fingerprint density at radius 3 is 2.46 bits per heavy atom. The van der Waals surface area contributed by atoms with Crippen LogP contribution >= 0.6 is 17.1 Å². The van der Waals surface area contributed by atoms with Crippen LogP contribution in [0.5, 0.6) is 11.5 Å². The van der Waals surface area contributed by atoms with Gasteiger partial charge in [-0.3, -0.25) is 14.4 Å². The van der Waals surface area contributed by atoms with Crippen LogP contribution in [0.15, 0.2) is 23.8 Å². The van der Waals surface area contributed by atoms with Gasteiger partial charge in [0, 0.05) is 108 Å². The molecule has 39 heavy (non-hydrogen) atoms. The van der Waals surface area contributed by atoms with E-state index in [0.29, 0.717) is 17.8 Å². The van der Waals surface area contributed by atoms with Gasteiger partial charge < -0.3 is 23.3 Å². The largest absolute Gasteiger partial charge is 0.468 e. The van der Waals surface area contributed by atoms with Crippen molar-refractivity contribution in [3.63, 3.8) is 0 Å². The van der Waals surface area contributed by atoms with Crippen LogP contribution in [0.3, 0.4) is 0 Å². The maximum atomic E-state index is 12.5. The summed E-state index contributed by atoms with van der Waals surface area (Å²) in [5.74, 6) is 0.882. The van der Waals surface area contributed by atoms with E-state index in [4.69, 9.17) is 13.8 Å². The van der Waals surface area contributed by atoms with E-state index in [1.807, 2.05) is 12.1 Å². The number of rotatable bonds is 15. The Morgan fingerprint density at radius 2 is 1.87 bits per heavy atom. The van der Waals surface area contributed by atoms with E-state index >= 15 is 0 Å². The van der Waals surface area contributed by atoms with Crippen molar-refractivity contribution < 1.29 is 115 Å². The molecule has 1 aliphatic rings. The second-order valence-corrected chi connectivity index (χ2v) is 10.7. The summed E-state index contributed by atoms with van der Waals surface area (Å²) < 4.78 is 33.6. The molecule has 2 radical (unpaired) electrons. The number of nitrogens with one attached hydrogen (secondary N) is 2. The Balaban J connectivity index is 0. The molecule has 3 unspecified atom stereocenters. The van der Waals surface area contributed by atoms with Crippen LogP contribution in [0.1, 0.15) is 76.3 Å². The second kappa shape index (κ2) is 25.5. The molecule has 4 atom stereocenters. The molecule has 1 aliphatic carbocycles. The molecule has 0 aliphatic heterocycles. The van der Waals surface area contributed by atoms with Gasteiger partial charge >= 0.3 is 14.1 Å². The Kier molecular flexibility index (Phi) is 27.5. The average Bonchev–Trinajstić information content (AvgIpc) is 2.87. The van der Waals surface area contributed by atoms with Crippen LogP contribution in [0.4, 0.5) is 0 Å². The fourth-order valence-electron chi connectivity index (χ4n) is 3.92. The first-order chi connectivity index (χ1) is 17.8. The van der Waals surface area contributed by atoms with Gasteiger partial charge in [-0.15, -0.1) is 0 Å². The van der Waals surface area contributed by atoms with Crippen molar-refractivity contribution >= 4 is 29.4 Å². The molecule has 0 saturated heterocycles. The number of benzene rings is 1. The molecule has 2 N–H and O–H groups in total. The Bertz CT molecular complexity index is 907. The maximum Gasteiger partial charge on any atom is 0.322 e. The van der Waals surface area contributed by atoms with Gasteiger partial charge in [0.2, 0.25) is 0 Å². The molecule has 0 aromatic heterocycles. The van der Waals surface area contributed by atoms with Gasteiger partial charge in [-0.2, -0.15) is 0 Å². The minimum atomic E-state index is -2.67. The predicted octanol–water partition coefficient (Wildman–Crippen LogP) is 5.49. The maximum absolute atomic E-state index is 12.5. The van der Waals surface area contributed by atoms with E-state index in [0.717, 1.165) is 56.1 Å². The number of ether oxygens (including phenoxy) is 2. The van der Waals surface area contributed by atoms with E-state index < -0.39 is 14.2 Å². The van der Waals surface area contributed by atoms with Gasteiger partial charge in [-0.25, -0.2) is 5.09 Å². The molecule has 13 heteroatoms. The molecule has 0 amide bonds. The predicted molar refractivity (Wildman–Crippen MR) is 150 cm³/mol. The van der Waals surface area contributed by atoms with Gasteiger partial charge in [0.1, 0.15) is 32.8 Å². The number of aryl methyl sites for hydroxylation is 1. The van der Waals surface area contributed by atoms with Crippen LogP contribution in [0.25, 0.3) is 0 Å². The fourth-order valence-corrected chi connectivity index (χ4v) is 5.24. The summed E-state index contributed by atoms with van der Waals surface area (Å²) in [4.78, 5) is 22.4. The fraction of sp³-hybridized carbons (Fsp3) is 0.615. The Morgan fingerprint density at radius 1 is 1.21 bits per heavy atom. The molecule has 216 valence electrons. The molecule has 0 heterocycles. The molecule has 1 aromatic rings. The van der Waals surface area contributed by atoms with Crippen molar-refractivity contribution in [2.24, 2.45) is 0 Å². The number of methoxy groups -OCH3 is 2. The Hall–Kier alpha value is 0.967. The second-order valence-electron chi connectivity index (χ2n) is 8.91. The molecular formula is C26H44N2O7P2Pr2. The summed E-state index contributed by atoms with van der Waals surface area (Å²) in [6, 6.07) is 3.48. The quantitative estimate of drug-likeness (QED) is 0.0780. The van der Waals surface area contributed by atoms with Gasteiger partial charge in [0.25, 0.3) is 0 Å². The minimum Gasteiger partial charge on any atom is -0.468 e. The zero-order valence-electron chi connectivity index (χ0n) is 24.1. The van der Waals surface area contributed by atoms with Crippen LogP contribution in [-0.4, -0.2) is 46.2 Å². The molecule has 0 spiro atoms. The van der Waals surface area contributed by atoms with E-state index in [-0.39, 0.29) is 110 Å². The number of allylic oxidation sites excluding steroid dienone is 2. The van der Waals surface area contributed by atoms with Crippen molar-refractivity contribution in [2.75, 3.05) is 27.9 Å². The number of esters is 1. The molecular weight excluding hydrogens is 796 g/mol. The van der Waals surface area contributed by atoms with Gasteiger partial charge in [0.15, 0.2) is 0 Å². The molecule has 2 rings (SSSR count). The number of carbonyl (C=O) groups excluding carboxylic acids is 2. The van der Waals surface area contributed by atoms with E-state index in [1.54, 1.807) is 21.1 Å². The molecule has 9 nitrogen and oxygen atoms in total. The monoisotopic (exact) mass is 840 g/mol. The summed E-state index contributed by atoms with van der Waals surface area (Å²) in [5, 5.41) is 5.67. The molecule has 0 fully saturated rings. The molecule has 0 bridgehead atoms. The number of hydrogen-bond acceptors (Lipinski definition) is 8. The van der Waals surface area contributed by atoms with Crippen molar-refractivity contribution in [3.8, 4) is 11.5 Å². The van der Waals surface area contributed by atoms with Crippen molar-refractivity contribution in [3.05, 3.63) is 34.9 Å². The van der Waals surface area contributed by atoms with Crippen LogP contribution in [0, 0.1) is 82.6 Å². The number of aldehydes is 1. The van der Waals surface area contributed by atoms with Crippen LogP contribution in [-0.2, 0) is 30.0 Å². The third kappa shape index (κ3) is 17.0. The van der Waals surface area contributed by atoms with Crippen molar-refractivity contribution in [1.29, 1.82) is 0 Å². The van der Waals surface area contributed by atoms with E-state index in [2.05, 4.69) is 34.8 Å². The SMILES string of the molecule is CCCCCc1cc(OPN[C@@H](C)C(=O)OC)c(C2C=C(C)CCC2)c(O[PH](=O)NCC=O)c1.COC.[Pr].[Pr]. The summed E-state index contributed by atoms with van der Waals surface area (Å²) in [6.45, 7) is 5.95. The van der Waals surface area contributed by atoms with E-state index in [1.165, 1.54) is 12.7 Å². The zero-order valence-corrected chi connectivity index (χ0v) is 33.5. The summed E-state index contributed by atoms with van der Waals surface area (Å²) in [6.07, 6.45) is 9.99. The minimum absolute atomic E-state index is 0. The number of carbonyl (C=O) groups is 2. The van der Waals surface area contributed by atoms with Gasteiger partial charge in [0.05, 0.1) is 13.7 Å². The normalized spacial score (nSPS) is 15.9. The number of hydrogen-bond donors (Lipinski definition) is 2. The first kappa shape index (κ1) is 42.1. The van der Waals surface area contributed by atoms with Gasteiger partial charge in [-0.05, 0) is 63.6 Å². The standard InChI is InChI=1S/C24H38N2O6P2.C2H6O.2Pr/c1-5-6-7-10-19-15-21(31-33-26-18(3)24(28)30-4)23(20-11-8-9-17(2)14-20)22(16-19)32-34(29)25-12-13-27;1-3-2;;/h13-16,18,20,26,33-34H,5-12H2,1-4H3,(H,25,29);1-2H3;;/t18-,20?;;;/m0.../s1. The van der Waals surface area contributed by atoms with Crippen LogP contribution < -0.4 is 19.2 Å². The molecule has 1 aromatic carbocycles. The summed E-state index contributed by atoms with van der Waals surface area (Å²) >= 11 is 0. The number of unbranched alkanes of at least 4 members (excludes halogenated alkanes) is 2. The smallest absolute Gasteiger partial charge is 0.322 e. The topological polar surface area (TPSA) is 112 Å². The average molecular weight is 840 g/mol. The third-order valence-corrected chi connectivity index (χ3v) is 7.47. The molecule has 0 saturated carbocycles. The van der Waals surface area contributed by atoms with Crippen LogP contribution in [0.2, 0.25) is 0 Å². The zero-order chi connectivity index (χ0) is 27.6. The van der Waals surface area contributed by atoms with Crippen molar-refractivity contribution in [2.45, 2.75) is 77.7 Å². The summed E-state index contributed by atoms with van der Waals surface area (Å²) in [7, 11) is 1.76. The van der Waals surface area contributed by atoms with Gasteiger partial charge in [-0.1, -0.05) is 31.4 Å². The van der Waals surface area contributed by atoms with E-state index in [9.17, 15) is 14.2 Å². The van der Waals surface area contributed by atoms with Crippen molar-refractivity contribution in [1.82, 2.24) is 10.2 Å². The Labute approximate surface area is 303 Å². The first-order valence-corrected chi connectivity index (χ1v) is 14.9. The third-order valence-electron chi connectivity index (χ3n) is 5.70. The first-order valence-electron chi connectivity index (χ1n) is 12.7.